The van der Waals surface area contributed by atoms with Crippen LogP contribution in [0, 0.1) is 0 Å². The first-order chi connectivity index (χ1) is 8.11. The summed E-state index contributed by atoms with van der Waals surface area (Å²) in [6.45, 7) is 2.09. The van der Waals surface area contributed by atoms with Crippen molar-refractivity contribution in [2.24, 2.45) is 0 Å². The van der Waals surface area contributed by atoms with E-state index in [1.807, 2.05) is 0 Å². The van der Waals surface area contributed by atoms with Gasteiger partial charge in [-0.05, 0) is 33.0 Å². The number of alkyl halides is 1. The van der Waals surface area contributed by atoms with Crippen LogP contribution in [0.1, 0.15) is 12.8 Å². The molecule has 1 saturated heterocycles. The van der Waals surface area contributed by atoms with Crippen molar-refractivity contribution in [2.75, 3.05) is 31.6 Å². The fourth-order valence-electron chi connectivity index (χ4n) is 1.65. The van der Waals surface area contributed by atoms with Crippen molar-refractivity contribution in [2.45, 2.75) is 18.9 Å². The Bertz CT molecular complexity index is 299. The molecule has 6 heteroatoms. The molecular formula is C11H20IN3O2. The third-order valence-corrected chi connectivity index (χ3v) is 4.84. The first-order valence-corrected chi connectivity index (χ1v) is 8.49. The van der Waals surface area contributed by atoms with Crippen LogP contribution >= 0.6 is 20.7 Å². The molecule has 0 aromatic heterocycles. The van der Waals surface area contributed by atoms with Crippen molar-refractivity contribution in [1.29, 1.82) is 0 Å². The van der Waals surface area contributed by atoms with Crippen LogP contribution in [-0.2, 0) is 9.59 Å². The average molecular weight is 353 g/mol. The van der Waals surface area contributed by atoms with Gasteiger partial charge in [-0.3, -0.25) is 9.59 Å². The fraction of sp³-hybridized carbons (Fsp3) is 0.727. The zero-order valence-electron chi connectivity index (χ0n) is 10.3. The summed E-state index contributed by atoms with van der Waals surface area (Å²) < 4.78 is 2.12. The Kier molecular flexibility index (Phi) is 6.64. The molecule has 98 valence electrons. The van der Waals surface area contributed by atoms with Gasteiger partial charge in [0, 0.05) is 17.1 Å². The van der Waals surface area contributed by atoms with Crippen molar-refractivity contribution < 1.29 is 9.59 Å². The number of nitrogens with zero attached hydrogens (tertiary/aromatic N) is 1. The molecule has 1 heterocycles. The number of carbonyl (C=O) groups excluding carboxylic acids is 2. The number of nitrogens with one attached hydrogen (secondary N) is 2. The number of rotatable bonds is 4. The zero-order valence-corrected chi connectivity index (χ0v) is 12.5. The lowest BCUT2D eigenvalue weighted by Crippen LogP contribution is -2.43. The molecule has 0 aliphatic carbocycles. The van der Waals surface area contributed by atoms with E-state index in [0.717, 1.165) is 25.9 Å². The third-order valence-electron chi connectivity index (χ3n) is 2.70. The van der Waals surface area contributed by atoms with E-state index in [0.29, 0.717) is 10.5 Å². The van der Waals surface area contributed by atoms with Gasteiger partial charge in [-0.1, -0.05) is 0 Å². The highest BCUT2D eigenvalue weighted by molar-refractivity contribution is 14.2. The number of likely N-dealkylation sites (tertiary alicyclic amines) is 1. The van der Waals surface area contributed by atoms with Gasteiger partial charge in [-0.25, -0.2) is 0 Å². The molecule has 17 heavy (non-hydrogen) atoms. The second-order valence-corrected chi connectivity index (χ2v) is 6.42. The van der Waals surface area contributed by atoms with E-state index in [4.69, 9.17) is 0 Å². The average Bonchev–Trinajstić information content (AvgIpc) is 2.32. The molecular weight excluding hydrogens is 333 g/mol. The third kappa shape index (κ3) is 6.11. The van der Waals surface area contributed by atoms with Crippen molar-refractivity contribution in [1.82, 2.24) is 15.5 Å². The summed E-state index contributed by atoms with van der Waals surface area (Å²) in [6, 6.07) is 0.322. The van der Waals surface area contributed by atoms with Gasteiger partial charge in [0.2, 0.25) is 11.8 Å². The highest BCUT2D eigenvalue weighted by Gasteiger charge is 2.17. The quantitative estimate of drug-likeness (QED) is 0.540. The molecule has 2 amide bonds. The predicted molar refractivity (Wildman–Crippen MR) is 77.7 cm³/mol. The molecule has 0 aromatic carbocycles. The normalized spacial score (nSPS) is 18.7. The Labute approximate surface area is 112 Å². The van der Waals surface area contributed by atoms with E-state index in [1.54, 1.807) is 11.1 Å². The highest BCUT2D eigenvalue weighted by atomic mass is 127. The Balaban J connectivity index is 2.21. The van der Waals surface area contributed by atoms with Crippen molar-refractivity contribution in [3.05, 3.63) is 0 Å². The maximum atomic E-state index is 11.6. The number of hydrogen-bond acceptors (Lipinski definition) is 3. The van der Waals surface area contributed by atoms with E-state index >= 15 is 0 Å². The Morgan fingerprint density at radius 2 is 2.06 bits per heavy atom. The highest BCUT2D eigenvalue weighted by Crippen LogP contribution is 2.08. The van der Waals surface area contributed by atoms with Gasteiger partial charge in [0.1, 0.15) is 0 Å². The number of amides is 2. The van der Waals surface area contributed by atoms with E-state index in [-0.39, 0.29) is 11.8 Å². The maximum absolute atomic E-state index is 11.6. The van der Waals surface area contributed by atoms with Crippen LogP contribution in [0.25, 0.3) is 0 Å². The second-order valence-electron chi connectivity index (χ2n) is 4.16. The molecule has 0 saturated carbocycles. The van der Waals surface area contributed by atoms with Crippen LogP contribution in [0.2, 0.25) is 0 Å². The first-order valence-electron chi connectivity index (χ1n) is 5.72. The number of hydrogen-bond donors (Lipinski definition) is 2. The SMILES string of the molecule is CNC(=O)C=ICC(=O)NC1CCN(C)CC1. The number of piperidine rings is 1. The smallest absolute Gasteiger partial charge is 0.249 e. The summed E-state index contributed by atoms with van der Waals surface area (Å²) in [7, 11) is 3.70. The summed E-state index contributed by atoms with van der Waals surface area (Å²) in [4.78, 5) is 24.8. The zero-order chi connectivity index (χ0) is 12.7. The maximum Gasteiger partial charge on any atom is 0.249 e. The molecule has 1 rings (SSSR count). The van der Waals surface area contributed by atoms with Crippen LogP contribution in [0.5, 0.6) is 0 Å². The topological polar surface area (TPSA) is 61.4 Å². The molecule has 0 atom stereocenters. The molecule has 2 N–H and O–H groups in total. The van der Waals surface area contributed by atoms with Crippen molar-refractivity contribution in [3.8, 4) is 0 Å². The lowest BCUT2D eigenvalue weighted by molar-refractivity contribution is -0.119. The number of halogens is 1. The fourth-order valence-corrected chi connectivity index (χ4v) is 3.20. The van der Waals surface area contributed by atoms with E-state index < -0.39 is 20.7 Å². The Morgan fingerprint density at radius 3 is 2.65 bits per heavy atom. The summed E-state index contributed by atoms with van der Waals surface area (Å²) in [5.74, 6) is 0.0115. The summed E-state index contributed by atoms with van der Waals surface area (Å²) in [6.07, 6.45) is 2.06. The largest absolute Gasteiger partial charge is 0.355 e. The molecule has 1 aliphatic heterocycles. The minimum absolute atomic E-state index is 0.0788. The van der Waals surface area contributed by atoms with Crippen molar-refractivity contribution in [3.63, 3.8) is 0 Å². The van der Waals surface area contributed by atoms with E-state index in [2.05, 4.69) is 22.6 Å². The monoisotopic (exact) mass is 353 g/mol. The van der Waals surface area contributed by atoms with E-state index in [1.165, 1.54) is 0 Å². The second kappa shape index (κ2) is 7.75. The van der Waals surface area contributed by atoms with Gasteiger partial charge >= 0.3 is 0 Å². The van der Waals surface area contributed by atoms with Gasteiger partial charge in [0.15, 0.2) is 0 Å². The number of carbonyl (C=O) groups is 2. The Morgan fingerprint density at radius 1 is 1.41 bits per heavy atom. The van der Waals surface area contributed by atoms with Crippen LogP contribution < -0.4 is 10.6 Å². The molecule has 0 spiro atoms. The molecule has 0 aromatic rings. The Hall–Kier alpha value is -0.500. The molecule has 0 bridgehead atoms. The van der Waals surface area contributed by atoms with Gasteiger partial charge in [0.05, 0.1) is 4.43 Å². The summed E-state index contributed by atoms with van der Waals surface area (Å²) in [5, 5.41) is 5.56. The van der Waals surface area contributed by atoms with Gasteiger partial charge in [0.25, 0.3) is 0 Å². The van der Waals surface area contributed by atoms with Gasteiger partial charge in [-0.2, -0.15) is 0 Å². The minimum atomic E-state index is -0.460. The van der Waals surface area contributed by atoms with Crippen LogP contribution in [0.15, 0.2) is 0 Å². The molecule has 0 radical (unpaired) electrons. The van der Waals surface area contributed by atoms with Crippen molar-refractivity contribution >= 4 is 36.6 Å². The molecule has 1 fully saturated rings. The van der Waals surface area contributed by atoms with Crippen LogP contribution in [-0.4, -0.2) is 58.4 Å². The lowest BCUT2D eigenvalue weighted by Gasteiger charge is -2.29. The molecule has 0 unspecified atom stereocenters. The summed E-state index contributed by atoms with van der Waals surface area (Å²) in [5.41, 5.74) is 0. The van der Waals surface area contributed by atoms with E-state index in [9.17, 15) is 9.59 Å². The van der Waals surface area contributed by atoms with Gasteiger partial charge < -0.3 is 15.5 Å². The first kappa shape index (κ1) is 14.6. The predicted octanol–water partition coefficient (Wildman–Crippen LogP) is -0.284. The van der Waals surface area contributed by atoms with Crippen LogP contribution in [0.3, 0.4) is 0 Å². The minimum Gasteiger partial charge on any atom is -0.355 e. The molecule has 5 nitrogen and oxygen atoms in total. The standard InChI is InChI=1S/C11H20IN3O2/c1-13-10(16)7-12-8-11(17)14-9-3-5-15(2)6-4-9/h7,9H,3-6,8H2,1-2H3,(H,13,16)(H,14,17). The van der Waals surface area contributed by atoms with Crippen LogP contribution in [0.4, 0.5) is 0 Å². The lowest BCUT2D eigenvalue weighted by atomic mass is 10.1. The van der Waals surface area contributed by atoms with Gasteiger partial charge in [-0.15, -0.1) is 20.7 Å². The summed E-state index contributed by atoms with van der Waals surface area (Å²) >= 11 is -0.460. The molecule has 1 aliphatic rings.